The van der Waals surface area contributed by atoms with E-state index in [4.69, 9.17) is 23.2 Å². The molecule has 0 unspecified atom stereocenters. The zero-order chi connectivity index (χ0) is 13.8. The van der Waals surface area contributed by atoms with Crippen LogP contribution in [0.3, 0.4) is 0 Å². The number of carbonyl (C=O) groups is 1. The van der Waals surface area contributed by atoms with Crippen LogP contribution in [0.1, 0.15) is 0 Å². The number of aryl methyl sites for hydroxylation is 1. The Hall–Kier alpha value is -1.72. The molecular weight excluding hydrogens is 287 g/mol. The average molecular weight is 299 g/mol. The SMILES string of the molecule is Cn1ccc(NCC(=O)Nc2c(Cl)cccc2Cl)n1. The van der Waals surface area contributed by atoms with Crippen LogP contribution in [-0.2, 0) is 11.8 Å². The molecule has 0 bridgehead atoms. The van der Waals surface area contributed by atoms with Crippen molar-refractivity contribution in [3.8, 4) is 0 Å². The summed E-state index contributed by atoms with van der Waals surface area (Å²) in [5.41, 5.74) is 0.415. The van der Waals surface area contributed by atoms with Gasteiger partial charge in [-0.1, -0.05) is 29.3 Å². The van der Waals surface area contributed by atoms with Gasteiger partial charge in [-0.3, -0.25) is 9.48 Å². The number of nitrogens with one attached hydrogen (secondary N) is 2. The highest BCUT2D eigenvalue weighted by atomic mass is 35.5. The third-order valence-electron chi connectivity index (χ3n) is 2.37. The molecule has 2 rings (SSSR count). The summed E-state index contributed by atoms with van der Waals surface area (Å²) in [6.45, 7) is 0.0819. The number of benzene rings is 1. The van der Waals surface area contributed by atoms with E-state index in [0.29, 0.717) is 21.6 Å². The Balaban J connectivity index is 1.94. The summed E-state index contributed by atoms with van der Waals surface area (Å²) in [5, 5.41) is 10.5. The van der Waals surface area contributed by atoms with Crippen molar-refractivity contribution in [1.29, 1.82) is 0 Å². The molecule has 100 valence electrons. The van der Waals surface area contributed by atoms with Gasteiger partial charge in [-0.05, 0) is 12.1 Å². The summed E-state index contributed by atoms with van der Waals surface area (Å²) in [5.74, 6) is 0.378. The first-order valence-corrected chi connectivity index (χ1v) is 6.29. The van der Waals surface area contributed by atoms with Gasteiger partial charge in [0.15, 0.2) is 0 Å². The molecule has 0 aliphatic carbocycles. The fourth-order valence-corrected chi connectivity index (χ4v) is 1.97. The number of aromatic nitrogens is 2. The number of rotatable bonds is 4. The van der Waals surface area contributed by atoms with Crippen molar-refractivity contribution in [3.63, 3.8) is 0 Å². The quantitative estimate of drug-likeness (QED) is 0.912. The van der Waals surface area contributed by atoms with Crippen LogP contribution in [0.2, 0.25) is 10.0 Å². The highest BCUT2D eigenvalue weighted by Gasteiger charge is 2.09. The second kappa shape index (κ2) is 5.95. The summed E-state index contributed by atoms with van der Waals surface area (Å²) in [6, 6.07) is 6.81. The summed E-state index contributed by atoms with van der Waals surface area (Å²) in [4.78, 5) is 11.8. The van der Waals surface area contributed by atoms with Gasteiger partial charge in [0.1, 0.15) is 5.82 Å². The molecule has 5 nitrogen and oxygen atoms in total. The summed E-state index contributed by atoms with van der Waals surface area (Å²) in [6.07, 6.45) is 1.78. The number of hydrogen-bond acceptors (Lipinski definition) is 3. The van der Waals surface area contributed by atoms with Gasteiger partial charge in [0.2, 0.25) is 5.91 Å². The minimum Gasteiger partial charge on any atom is -0.360 e. The van der Waals surface area contributed by atoms with E-state index in [2.05, 4.69) is 15.7 Å². The normalized spacial score (nSPS) is 10.3. The molecule has 0 radical (unpaired) electrons. The largest absolute Gasteiger partial charge is 0.360 e. The number of halogens is 2. The maximum atomic E-state index is 11.8. The third-order valence-corrected chi connectivity index (χ3v) is 3.00. The third kappa shape index (κ3) is 3.62. The van der Waals surface area contributed by atoms with Crippen molar-refractivity contribution in [2.24, 2.45) is 7.05 Å². The molecule has 1 aromatic heterocycles. The van der Waals surface area contributed by atoms with Crippen LogP contribution in [-0.4, -0.2) is 22.2 Å². The molecule has 19 heavy (non-hydrogen) atoms. The molecule has 1 amide bonds. The van der Waals surface area contributed by atoms with Gasteiger partial charge in [-0.15, -0.1) is 0 Å². The summed E-state index contributed by atoms with van der Waals surface area (Å²) >= 11 is 11.9. The van der Waals surface area contributed by atoms with Crippen LogP contribution >= 0.6 is 23.2 Å². The van der Waals surface area contributed by atoms with Crippen molar-refractivity contribution in [3.05, 3.63) is 40.5 Å². The molecule has 1 aromatic carbocycles. The van der Waals surface area contributed by atoms with Gasteiger partial charge in [0.05, 0.1) is 22.3 Å². The molecule has 0 aliphatic heterocycles. The molecule has 7 heteroatoms. The van der Waals surface area contributed by atoms with E-state index < -0.39 is 0 Å². The first-order valence-electron chi connectivity index (χ1n) is 5.53. The Morgan fingerprint density at radius 3 is 2.58 bits per heavy atom. The van der Waals surface area contributed by atoms with E-state index in [-0.39, 0.29) is 12.5 Å². The minimum atomic E-state index is -0.249. The van der Waals surface area contributed by atoms with Crippen LogP contribution in [0.5, 0.6) is 0 Å². The smallest absolute Gasteiger partial charge is 0.243 e. The molecule has 1 heterocycles. The van der Waals surface area contributed by atoms with Crippen LogP contribution in [0.4, 0.5) is 11.5 Å². The number of para-hydroxylation sites is 1. The standard InChI is InChI=1S/C12H12Cl2N4O/c1-18-6-5-10(17-18)15-7-11(19)16-12-8(13)3-2-4-9(12)14/h2-6H,7H2,1H3,(H,15,17)(H,16,19). The Morgan fingerprint density at radius 2 is 2.00 bits per heavy atom. The zero-order valence-electron chi connectivity index (χ0n) is 10.2. The van der Waals surface area contributed by atoms with Gasteiger partial charge in [-0.2, -0.15) is 5.10 Å². The monoisotopic (exact) mass is 298 g/mol. The predicted octanol–water partition coefficient (Wildman–Crippen LogP) is 2.78. The van der Waals surface area contributed by atoms with E-state index in [0.717, 1.165) is 0 Å². The van der Waals surface area contributed by atoms with Crippen LogP contribution in [0.25, 0.3) is 0 Å². The van der Waals surface area contributed by atoms with E-state index in [1.54, 1.807) is 42.2 Å². The molecule has 0 spiro atoms. The van der Waals surface area contributed by atoms with E-state index in [1.807, 2.05) is 0 Å². The molecule has 2 aromatic rings. The highest BCUT2D eigenvalue weighted by molar-refractivity contribution is 6.39. The first-order chi connectivity index (χ1) is 9.06. The lowest BCUT2D eigenvalue weighted by atomic mass is 10.3. The van der Waals surface area contributed by atoms with Crippen molar-refractivity contribution in [1.82, 2.24) is 9.78 Å². The first kappa shape index (κ1) is 13.7. The Kier molecular flexibility index (Phi) is 4.29. The summed E-state index contributed by atoms with van der Waals surface area (Å²) in [7, 11) is 1.80. The lowest BCUT2D eigenvalue weighted by molar-refractivity contribution is -0.114. The number of anilines is 2. The van der Waals surface area contributed by atoms with E-state index in [1.165, 1.54) is 0 Å². The number of nitrogens with zero attached hydrogens (tertiary/aromatic N) is 2. The van der Waals surface area contributed by atoms with Gasteiger partial charge in [-0.25, -0.2) is 0 Å². The van der Waals surface area contributed by atoms with Crippen molar-refractivity contribution >= 4 is 40.6 Å². The predicted molar refractivity (Wildman–Crippen MR) is 76.8 cm³/mol. The van der Waals surface area contributed by atoms with E-state index >= 15 is 0 Å². The van der Waals surface area contributed by atoms with Gasteiger partial charge >= 0.3 is 0 Å². The Bertz CT molecular complexity index is 577. The van der Waals surface area contributed by atoms with Crippen LogP contribution in [0.15, 0.2) is 30.5 Å². The van der Waals surface area contributed by atoms with Crippen LogP contribution in [0, 0.1) is 0 Å². The second-order valence-electron chi connectivity index (χ2n) is 3.87. The van der Waals surface area contributed by atoms with Crippen molar-refractivity contribution < 1.29 is 4.79 Å². The Morgan fingerprint density at radius 1 is 1.32 bits per heavy atom. The van der Waals surface area contributed by atoms with Crippen molar-refractivity contribution in [2.45, 2.75) is 0 Å². The average Bonchev–Trinajstić information content (AvgIpc) is 2.77. The highest BCUT2D eigenvalue weighted by Crippen LogP contribution is 2.29. The lowest BCUT2D eigenvalue weighted by Crippen LogP contribution is -2.22. The molecule has 0 aliphatic rings. The molecule has 2 N–H and O–H groups in total. The van der Waals surface area contributed by atoms with Crippen molar-refractivity contribution in [2.75, 3.05) is 17.2 Å². The second-order valence-corrected chi connectivity index (χ2v) is 4.69. The van der Waals surface area contributed by atoms with Gasteiger partial charge in [0, 0.05) is 19.3 Å². The molecule has 0 fully saturated rings. The minimum absolute atomic E-state index is 0.0819. The fraction of sp³-hybridized carbons (Fsp3) is 0.167. The number of carbonyl (C=O) groups excluding carboxylic acids is 1. The zero-order valence-corrected chi connectivity index (χ0v) is 11.7. The van der Waals surface area contributed by atoms with E-state index in [9.17, 15) is 4.79 Å². The molecule has 0 atom stereocenters. The van der Waals surface area contributed by atoms with Gasteiger partial charge in [0.25, 0.3) is 0 Å². The lowest BCUT2D eigenvalue weighted by Gasteiger charge is -2.09. The summed E-state index contributed by atoms with van der Waals surface area (Å²) < 4.78 is 1.64. The molecule has 0 saturated heterocycles. The molecule has 0 saturated carbocycles. The fourth-order valence-electron chi connectivity index (χ4n) is 1.48. The maximum Gasteiger partial charge on any atom is 0.243 e. The topological polar surface area (TPSA) is 59.0 Å². The van der Waals surface area contributed by atoms with Crippen LogP contribution < -0.4 is 10.6 Å². The number of hydrogen-bond donors (Lipinski definition) is 2. The Labute approximate surface area is 120 Å². The maximum absolute atomic E-state index is 11.8. The molecular formula is C12H12Cl2N4O. The number of amides is 1. The van der Waals surface area contributed by atoms with Gasteiger partial charge < -0.3 is 10.6 Å².